The van der Waals surface area contributed by atoms with Crippen LogP contribution in [0.4, 0.5) is 0 Å². The molecule has 4 rings (SSSR count). The average Bonchev–Trinajstić information content (AvgIpc) is 3.09. The van der Waals surface area contributed by atoms with E-state index in [1.165, 1.54) is 0 Å². The average molecular weight is 794 g/mol. The number of rotatable bonds is 5. The maximum Gasteiger partial charge on any atom is 0.339 e. The number of quaternary nitrogens is 1. The number of hydrogen-bond acceptors (Lipinski definition) is 6. The molecule has 1 saturated carbocycles. The fraction of sp³-hybridized carbons (Fsp3) is 0.609. The van der Waals surface area contributed by atoms with E-state index >= 15 is 0 Å². The Morgan fingerprint density at radius 3 is 2.52 bits per heavy atom. The maximum absolute atomic E-state index is 13.3. The van der Waals surface area contributed by atoms with Gasteiger partial charge in [0.15, 0.2) is 0 Å². The van der Waals surface area contributed by atoms with Crippen LogP contribution in [0.5, 0.6) is 0 Å². The summed E-state index contributed by atoms with van der Waals surface area (Å²) in [5.41, 5.74) is -0.127. The zero-order valence-corrected chi connectivity index (χ0v) is 24.9. The van der Waals surface area contributed by atoms with Gasteiger partial charge in [0.1, 0.15) is 17.8 Å². The zero-order valence-electron chi connectivity index (χ0n) is 18.4. The van der Waals surface area contributed by atoms with Crippen molar-refractivity contribution in [3.05, 3.63) is 28.4 Å². The third kappa shape index (κ3) is 5.63. The van der Waals surface area contributed by atoms with Gasteiger partial charge in [-0.05, 0) is 93.8 Å². The van der Waals surface area contributed by atoms with Gasteiger partial charge in [0.2, 0.25) is 0 Å². The Morgan fingerprint density at radius 2 is 1.82 bits per heavy atom. The van der Waals surface area contributed by atoms with Crippen LogP contribution in [0, 0.1) is 28.5 Å². The molecule has 0 amide bonds. The molecule has 2 saturated heterocycles. The van der Waals surface area contributed by atoms with Crippen molar-refractivity contribution in [2.24, 2.45) is 17.8 Å². The number of benzene rings is 1. The van der Waals surface area contributed by atoms with E-state index in [1.54, 1.807) is 6.07 Å². The molecule has 0 aromatic heterocycles. The summed E-state index contributed by atoms with van der Waals surface area (Å²) in [5, 5.41) is 2.28. The Labute approximate surface area is 234 Å². The molecule has 2 aliphatic heterocycles. The number of carbonyl (C=O) groups is 3. The van der Waals surface area contributed by atoms with E-state index in [4.69, 9.17) is 14.2 Å². The minimum atomic E-state index is -0.670. The summed E-state index contributed by atoms with van der Waals surface area (Å²) in [5.74, 6) is -2.17. The van der Waals surface area contributed by atoms with Crippen LogP contribution >= 0.6 is 67.8 Å². The summed E-state index contributed by atoms with van der Waals surface area (Å²) in [4.78, 5) is 38.8. The van der Waals surface area contributed by atoms with Crippen LogP contribution in [-0.4, -0.2) is 48.8 Å². The molecule has 0 radical (unpaired) electrons. The molecule has 0 spiro atoms. The second kappa shape index (κ2) is 10.4. The van der Waals surface area contributed by atoms with Crippen LogP contribution < -0.4 is 5.32 Å². The number of fused-ring (bicyclic) bond motifs is 2. The minimum Gasteiger partial charge on any atom is -0.459 e. The normalized spacial score (nSPS) is 27.7. The van der Waals surface area contributed by atoms with Gasteiger partial charge in [-0.2, -0.15) is 0 Å². The Kier molecular flexibility index (Phi) is 8.16. The molecule has 3 fully saturated rings. The summed E-state index contributed by atoms with van der Waals surface area (Å²) < 4.78 is 20.1. The van der Waals surface area contributed by atoms with Crippen molar-refractivity contribution >= 4 is 85.7 Å². The van der Waals surface area contributed by atoms with Crippen molar-refractivity contribution in [3.8, 4) is 0 Å². The lowest BCUT2D eigenvalue weighted by atomic mass is 9.78. The second-order valence-electron chi connectivity index (χ2n) is 9.52. The van der Waals surface area contributed by atoms with Gasteiger partial charge in [-0.15, -0.1) is 0 Å². The first-order valence-electron chi connectivity index (χ1n) is 11.2. The van der Waals surface area contributed by atoms with Crippen LogP contribution in [-0.2, 0) is 23.8 Å². The van der Waals surface area contributed by atoms with E-state index in [2.05, 4.69) is 73.1 Å². The molecule has 2 heterocycles. The molecule has 3 aliphatic rings. The van der Waals surface area contributed by atoms with Crippen LogP contribution in [0.2, 0.25) is 0 Å². The molecule has 4 unspecified atom stereocenters. The Morgan fingerprint density at radius 1 is 1.12 bits per heavy atom. The molecule has 1 aromatic carbocycles. The fourth-order valence-corrected chi connectivity index (χ4v) is 7.46. The summed E-state index contributed by atoms with van der Waals surface area (Å²) in [7, 11) is 0. The van der Waals surface area contributed by atoms with Crippen molar-refractivity contribution in [2.75, 3.05) is 13.1 Å². The van der Waals surface area contributed by atoms with Crippen molar-refractivity contribution in [1.29, 1.82) is 0 Å². The molecule has 2 bridgehead atoms. The highest BCUT2D eigenvalue weighted by Crippen LogP contribution is 2.42. The molecule has 1 aliphatic carbocycles. The molecular formula is C23H27I3NO6+. The van der Waals surface area contributed by atoms with Crippen LogP contribution in [0.3, 0.4) is 0 Å². The molecular weight excluding hydrogens is 767 g/mol. The number of ether oxygens (including phenoxy) is 3. The molecule has 33 heavy (non-hydrogen) atoms. The second-order valence-corrected chi connectivity index (χ2v) is 13.0. The molecule has 2 N–H and O–H groups in total. The smallest absolute Gasteiger partial charge is 0.339 e. The van der Waals surface area contributed by atoms with Gasteiger partial charge in [0, 0.05) is 42.3 Å². The number of halogens is 3. The highest BCUT2D eigenvalue weighted by Gasteiger charge is 2.54. The summed E-state index contributed by atoms with van der Waals surface area (Å²) in [6.45, 7) is 5.97. The molecule has 1 aromatic rings. The lowest BCUT2D eigenvalue weighted by Crippen LogP contribution is -2.86. The topological polar surface area (TPSA) is 95.5 Å². The number of esters is 3. The van der Waals surface area contributed by atoms with E-state index in [0.717, 1.165) is 36.6 Å². The summed E-state index contributed by atoms with van der Waals surface area (Å²) in [6.07, 6.45) is 1.40. The van der Waals surface area contributed by atoms with Gasteiger partial charge in [-0.1, -0.05) is 0 Å². The number of piperidine rings is 1. The van der Waals surface area contributed by atoms with Crippen molar-refractivity contribution < 1.29 is 33.9 Å². The predicted molar refractivity (Wildman–Crippen MR) is 144 cm³/mol. The largest absolute Gasteiger partial charge is 0.459 e. The third-order valence-electron chi connectivity index (χ3n) is 7.00. The quantitative estimate of drug-likeness (QED) is 0.213. The van der Waals surface area contributed by atoms with Crippen LogP contribution in [0.15, 0.2) is 12.1 Å². The van der Waals surface area contributed by atoms with E-state index in [1.807, 2.05) is 19.9 Å². The van der Waals surface area contributed by atoms with Gasteiger partial charge in [-0.25, -0.2) is 4.79 Å². The highest BCUT2D eigenvalue weighted by molar-refractivity contribution is 14.1. The molecule has 7 nitrogen and oxygen atoms in total. The summed E-state index contributed by atoms with van der Waals surface area (Å²) >= 11 is 6.49. The fourth-order valence-electron chi connectivity index (χ4n) is 5.08. The Bertz CT molecular complexity index is 962. The molecule has 180 valence electrons. The number of nitrogens with two attached hydrogens (primary N) is 1. The standard InChI is InChI=1S/C23H26I3NO6/c1-23(2,11-3-5-27-6-4-11)33-22(30)14-10-18(17-9-13(14)20(28)31-17)32-21(29)15-7-12(24)8-16(25)19(15)26/h7-8,11,13-14,17-18,27H,3-6,9-10H2,1-2H3/p+1. The van der Waals surface area contributed by atoms with Crippen molar-refractivity contribution in [2.45, 2.75) is 57.3 Å². The predicted octanol–water partition coefficient (Wildman–Crippen LogP) is 3.27. The van der Waals surface area contributed by atoms with E-state index < -0.39 is 47.6 Å². The Hall–Kier alpha value is -0.220. The zero-order chi connectivity index (χ0) is 23.9. The molecule has 4 atom stereocenters. The monoisotopic (exact) mass is 794 g/mol. The van der Waals surface area contributed by atoms with Crippen LogP contribution in [0.25, 0.3) is 0 Å². The van der Waals surface area contributed by atoms with E-state index in [-0.39, 0.29) is 12.3 Å². The Balaban J connectivity index is 1.48. The van der Waals surface area contributed by atoms with E-state index in [0.29, 0.717) is 12.0 Å². The van der Waals surface area contributed by atoms with Gasteiger partial charge in [0.05, 0.1) is 30.5 Å². The van der Waals surface area contributed by atoms with Gasteiger partial charge < -0.3 is 19.5 Å². The maximum atomic E-state index is 13.3. The lowest BCUT2D eigenvalue weighted by Gasteiger charge is -2.38. The SMILES string of the molecule is CC(C)(OC(=O)C1CC(OC(=O)c2cc(I)cc(I)c2I)C2CC1C(=O)O2)C1CC[NH2+]CC1. The summed E-state index contributed by atoms with van der Waals surface area (Å²) in [6, 6.07) is 3.77. The minimum absolute atomic E-state index is 0.234. The first-order chi connectivity index (χ1) is 15.6. The van der Waals surface area contributed by atoms with Gasteiger partial charge in [-0.3, -0.25) is 9.59 Å². The lowest BCUT2D eigenvalue weighted by molar-refractivity contribution is -0.665. The van der Waals surface area contributed by atoms with Crippen molar-refractivity contribution in [3.63, 3.8) is 0 Å². The van der Waals surface area contributed by atoms with Crippen molar-refractivity contribution in [1.82, 2.24) is 0 Å². The highest BCUT2D eigenvalue weighted by atomic mass is 127. The van der Waals surface area contributed by atoms with Gasteiger partial charge >= 0.3 is 17.9 Å². The first-order valence-corrected chi connectivity index (χ1v) is 14.4. The van der Waals surface area contributed by atoms with E-state index in [9.17, 15) is 14.4 Å². The number of hydrogen-bond donors (Lipinski definition) is 1. The first kappa shape index (κ1) is 25.9. The third-order valence-corrected chi connectivity index (χ3v) is 10.7. The molecule has 10 heteroatoms. The number of carbonyl (C=O) groups excluding carboxylic acids is 3. The van der Waals surface area contributed by atoms with Gasteiger partial charge in [0.25, 0.3) is 0 Å². The van der Waals surface area contributed by atoms with Crippen LogP contribution in [0.1, 0.15) is 49.9 Å².